The van der Waals surface area contributed by atoms with Crippen LogP contribution < -0.4 is 0 Å². The summed E-state index contributed by atoms with van der Waals surface area (Å²) in [5.74, 6) is -0.159. The van der Waals surface area contributed by atoms with Crippen LogP contribution in [0.3, 0.4) is 0 Å². The maximum Gasteiger partial charge on any atom is 0.257 e. The van der Waals surface area contributed by atoms with Crippen LogP contribution >= 0.6 is 11.6 Å². The third-order valence-electron chi connectivity index (χ3n) is 6.18. The van der Waals surface area contributed by atoms with E-state index in [9.17, 15) is 13.2 Å². The van der Waals surface area contributed by atoms with Crippen LogP contribution in [0, 0.1) is 6.92 Å². The molecule has 0 bridgehead atoms. The van der Waals surface area contributed by atoms with Crippen molar-refractivity contribution in [1.29, 1.82) is 0 Å². The van der Waals surface area contributed by atoms with E-state index in [0.29, 0.717) is 29.4 Å². The average Bonchev–Trinajstić information content (AvgIpc) is 3.24. The fourth-order valence-corrected chi connectivity index (χ4v) is 5.91. The first kappa shape index (κ1) is 22.6. The van der Waals surface area contributed by atoms with Gasteiger partial charge in [0.1, 0.15) is 0 Å². The molecule has 0 spiro atoms. The van der Waals surface area contributed by atoms with Gasteiger partial charge >= 0.3 is 0 Å². The predicted molar refractivity (Wildman–Crippen MR) is 132 cm³/mol. The Morgan fingerprint density at radius 3 is 2.38 bits per heavy atom. The zero-order valence-electron chi connectivity index (χ0n) is 18.6. The number of carbonyl (C=O) groups excluding carboxylic acids is 1. The van der Waals surface area contributed by atoms with E-state index in [1.165, 1.54) is 4.31 Å². The van der Waals surface area contributed by atoms with Crippen molar-refractivity contribution in [3.63, 3.8) is 0 Å². The molecule has 9 heteroatoms. The molecule has 1 aliphatic rings. The minimum absolute atomic E-state index is 0.159. The minimum Gasteiger partial charge on any atom is -0.336 e. The van der Waals surface area contributed by atoms with Gasteiger partial charge in [0.25, 0.3) is 5.91 Å². The molecule has 0 unspecified atom stereocenters. The highest BCUT2D eigenvalue weighted by molar-refractivity contribution is 7.89. The van der Waals surface area contributed by atoms with Crippen molar-refractivity contribution in [3.05, 3.63) is 89.2 Å². The van der Waals surface area contributed by atoms with Gasteiger partial charge in [-0.15, -0.1) is 0 Å². The Morgan fingerprint density at radius 2 is 1.65 bits per heavy atom. The smallest absolute Gasteiger partial charge is 0.257 e. The standard InChI is InChI=1S/C25H23ClN4O3S/c1-18-24(17-27-30(18)22-8-4-7-21(26)16-22)25(31)28-11-13-29(14-12-28)34(32,33)23-10-9-19-5-2-3-6-20(19)15-23/h2-10,15-17H,11-14H2,1H3. The van der Waals surface area contributed by atoms with Crippen molar-refractivity contribution < 1.29 is 13.2 Å². The minimum atomic E-state index is -3.65. The molecule has 0 radical (unpaired) electrons. The lowest BCUT2D eigenvalue weighted by atomic mass is 10.1. The fraction of sp³-hybridized carbons (Fsp3) is 0.200. The Kier molecular flexibility index (Phi) is 5.89. The molecule has 1 amide bonds. The Bertz CT molecular complexity index is 1490. The molecule has 1 aliphatic heterocycles. The maximum absolute atomic E-state index is 13.2. The molecule has 1 fully saturated rings. The van der Waals surface area contributed by atoms with Crippen molar-refractivity contribution >= 4 is 38.3 Å². The summed E-state index contributed by atoms with van der Waals surface area (Å²) < 4.78 is 29.6. The third kappa shape index (κ3) is 4.09. The van der Waals surface area contributed by atoms with Gasteiger partial charge in [0.2, 0.25) is 10.0 Å². The van der Waals surface area contributed by atoms with E-state index in [2.05, 4.69) is 5.10 Å². The van der Waals surface area contributed by atoms with Crippen LogP contribution in [0.25, 0.3) is 16.5 Å². The number of carbonyl (C=O) groups is 1. The lowest BCUT2D eigenvalue weighted by Crippen LogP contribution is -2.50. The van der Waals surface area contributed by atoms with Gasteiger partial charge in [-0.3, -0.25) is 4.79 Å². The Balaban J connectivity index is 1.31. The second-order valence-corrected chi connectivity index (χ2v) is 10.6. The molecule has 174 valence electrons. The van der Waals surface area contributed by atoms with E-state index in [4.69, 9.17) is 11.6 Å². The van der Waals surface area contributed by atoms with E-state index < -0.39 is 10.0 Å². The summed E-state index contributed by atoms with van der Waals surface area (Å²) in [7, 11) is -3.65. The van der Waals surface area contributed by atoms with E-state index in [1.54, 1.807) is 40.0 Å². The average molecular weight is 495 g/mol. The Morgan fingerprint density at radius 1 is 0.912 bits per heavy atom. The number of amides is 1. The normalized spacial score (nSPS) is 15.1. The predicted octanol–water partition coefficient (Wildman–Crippen LogP) is 4.13. The van der Waals surface area contributed by atoms with E-state index in [0.717, 1.165) is 16.5 Å². The highest BCUT2D eigenvalue weighted by Crippen LogP contribution is 2.24. The van der Waals surface area contributed by atoms with Crippen molar-refractivity contribution in [2.45, 2.75) is 11.8 Å². The first-order valence-corrected chi connectivity index (χ1v) is 12.8. The molecule has 0 aliphatic carbocycles. The summed E-state index contributed by atoms with van der Waals surface area (Å²) >= 11 is 6.09. The lowest BCUT2D eigenvalue weighted by molar-refractivity contribution is 0.0697. The first-order valence-electron chi connectivity index (χ1n) is 10.9. The Labute approximate surface area is 203 Å². The molecule has 0 saturated carbocycles. The van der Waals surface area contributed by atoms with Crippen LogP contribution in [0.5, 0.6) is 0 Å². The van der Waals surface area contributed by atoms with Crippen LogP contribution in [-0.2, 0) is 10.0 Å². The molecular weight excluding hydrogens is 472 g/mol. The van der Waals surface area contributed by atoms with Crippen molar-refractivity contribution in [3.8, 4) is 5.69 Å². The summed E-state index contributed by atoms with van der Waals surface area (Å²) in [5, 5.41) is 6.82. The summed E-state index contributed by atoms with van der Waals surface area (Å²) in [6.07, 6.45) is 1.55. The summed E-state index contributed by atoms with van der Waals surface area (Å²) in [6.45, 7) is 2.94. The summed E-state index contributed by atoms with van der Waals surface area (Å²) in [5.41, 5.74) is 1.97. The molecule has 2 heterocycles. The number of sulfonamides is 1. The van der Waals surface area contributed by atoms with Crippen LogP contribution in [0.4, 0.5) is 0 Å². The van der Waals surface area contributed by atoms with Gasteiger partial charge in [-0.2, -0.15) is 9.40 Å². The zero-order valence-corrected chi connectivity index (χ0v) is 20.1. The lowest BCUT2D eigenvalue weighted by Gasteiger charge is -2.34. The molecule has 4 aromatic rings. The van der Waals surface area contributed by atoms with Gasteiger partial charge in [-0.05, 0) is 48.0 Å². The summed E-state index contributed by atoms with van der Waals surface area (Å²) in [4.78, 5) is 15.1. The van der Waals surface area contributed by atoms with E-state index in [1.807, 2.05) is 49.4 Å². The van der Waals surface area contributed by atoms with Gasteiger partial charge in [0.05, 0.1) is 28.0 Å². The number of rotatable bonds is 4. The number of benzene rings is 3. The monoisotopic (exact) mass is 494 g/mol. The van der Waals surface area contributed by atoms with Crippen LogP contribution in [0.2, 0.25) is 5.02 Å². The third-order valence-corrected chi connectivity index (χ3v) is 8.31. The fourth-order valence-electron chi connectivity index (χ4n) is 4.27. The highest BCUT2D eigenvalue weighted by Gasteiger charge is 2.31. The van der Waals surface area contributed by atoms with E-state index >= 15 is 0 Å². The van der Waals surface area contributed by atoms with Gasteiger partial charge < -0.3 is 4.90 Å². The first-order chi connectivity index (χ1) is 16.3. The van der Waals surface area contributed by atoms with Gasteiger partial charge in [0, 0.05) is 31.2 Å². The largest absolute Gasteiger partial charge is 0.336 e. The van der Waals surface area contributed by atoms with Gasteiger partial charge in [-0.1, -0.05) is 48.0 Å². The van der Waals surface area contributed by atoms with Gasteiger partial charge in [0.15, 0.2) is 0 Å². The molecule has 7 nitrogen and oxygen atoms in total. The molecule has 5 rings (SSSR count). The molecule has 1 aromatic heterocycles. The number of hydrogen-bond acceptors (Lipinski definition) is 4. The van der Waals surface area contributed by atoms with Crippen molar-refractivity contribution in [2.24, 2.45) is 0 Å². The molecule has 34 heavy (non-hydrogen) atoms. The quantitative estimate of drug-likeness (QED) is 0.427. The maximum atomic E-state index is 13.2. The van der Waals surface area contributed by atoms with Crippen molar-refractivity contribution in [2.75, 3.05) is 26.2 Å². The molecular formula is C25H23ClN4O3S. The van der Waals surface area contributed by atoms with Crippen LogP contribution in [0.15, 0.2) is 77.8 Å². The number of aromatic nitrogens is 2. The molecule has 3 aromatic carbocycles. The molecule has 1 saturated heterocycles. The topological polar surface area (TPSA) is 75.5 Å². The number of fused-ring (bicyclic) bond motifs is 1. The molecule has 0 atom stereocenters. The highest BCUT2D eigenvalue weighted by atomic mass is 35.5. The van der Waals surface area contributed by atoms with Crippen molar-refractivity contribution in [1.82, 2.24) is 19.0 Å². The number of piperazine rings is 1. The zero-order chi connectivity index (χ0) is 23.9. The number of hydrogen-bond donors (Lipinski definition) is 0. The van der Waals surface area contributed by atoms with Crippen LogP contribution in [-0.4, -0.2) is 59.5 Å². The molecule has 0 N–H and O–H groups in total. The second kappa shape index (κ2) is 8.87. The summed E-state index contributed by atoms with van der Waals surface area (Å²) in [6, 6.07) is 20.1. The number of nitrogens with zero attached hydrogens (tertiary/aromatic N) is 4. The second-order valence-electron chi connectivity index (χ2n) is 8.24. The van der Waals surface area contributed by atoms with Crippen LogP contribution in [0.1, 0.15) is 16.1 Å². The van der Waals surface area contributed by atoms with Gasteiger partial charge in [-0.25, -0.2) is 13.1 Å². The van der Waals surface area contributed by atoms with E-state index in [-0.39, 0.29) is 23.9 Å². The number of halogens is 1. The SMILES string of the molecule is Cc1c(C(=O)N2CCN(S(=O)(=O)c3ccc4ccccc4c3)CC2)cnn1-c1cccc(Cl)c1. The Hall–Kier alpha value is -3.20.